The van der Waals surface area contributed by atoms with Crippen molar-refractivity contribution in [2.24, 2.45) is 0 Å². The van der Waals surface area contributed by atoms with Crippen LogP contribution in [-0.2, 0) is 9.53 Å². The molecule has 1 amide bonds. The number of benzene rings is 2. The zero-order valence-electron chi connectivity index (χ0n) is 19.9. The second kappa shape index (κ2) is 10.6. The van der Waals surface area contributed by atoms with Crippen LogP contribution in [0.4, 0.5) is 15.8 Å². The van der Waals surface area contributed by atoms with Gasteiger partial charge in [-0.3, -0.25) is 9.36 Å². The van der Waals surface area contributed by atoms with Crippen molar-refractivity contribution in [3.05, 3.63) is 60.2 Å². The minimum absolute atomic E-state index is 0.0368. The molecule has 2 atom stereocenters. The number of anilines is 2. The zero-order valence-corrected chi connectivity index (χ0v) is 20.7. The van der Waals surface area contributed by atoms with Crippen LogP contribution in [0.15, 0.2) is 53.9 Å². The van der Waals surface area contributed by atoms with Crippen LogP contribution in [0.5, 0.6) is 0 Å². The van der Waals surface area contributed by atoms with E-state index in [1.54, 1.807) is 18.5 Å². The molecule has 1 aliphatic heterocycles. The van der Waals surface area contributed by atoms with E-state index in [0.29, 0.717) is 35.5 Å². The van der Waals surface area contributed by atoms with Gasteiger partial charge in [0.1, 0.15) is 12.1 Å². The summed E-state index contributed by atoms with van der Waals surface area (Å²) in [5.74, 6) is -0.0239. The lowest BCUT2D eigenvalue weighted by Crippen LogP contribution is -2.45. The number of amides is 1. The van der Waals surface area contributed by atoms with Crippen LogP contribution in [-0.4, -0.2) is 51.7 Å². The molecule has 0 spiro atoms. The van der Waals surface area contributed by atoms with Crippen LogP contribution in [0, 0.1) is 5.82 Å². The number of nitrogens with one attached hydrogen (secondary N) is 1. The number of ether oxygens (including phenoxy) is 1. The predicted octanol–water partition coefficient (Wildman–Crippen LogP) is 4.87. The highest BCUT2D eigenvalue weighted by Crippen LogP contribution is 2.27. The molecule has 1 N–H and O–H groups in total. The molecule has 7 nitrogen and oxygen atoms in total. The summed E-state index contributed by atoms with van der Waals surface area (Å²) in [6.07, 6.45) is 1.70. The van der Waals surface area contributed by atoms with Gasteiger partial charge in [0.05, 0.1) is 23.6 Å². The topological polar surface area (TPSA) is 72.3 Å². The smallest absolute Gasteiger partial charge is 0.234 e. The Morgan fingerprint density at radius 3 is 2.53 bits per heavy atom. The number of thioether (sulfide) groups is 1. The summed E-state index contributed by atoms with van der Waals surface area (Å²) in [6.45, 7) is 9.52. The fourth-order valence-electron chi connectivity index (χ4n) is 4.06. The largest absolute Gasteiger partial charge is 0.372 e. The third kappa shape index (κ3) is 5.77. The van der Waals surface area contributed by atoms with Crippen molar-refractivity contribution in [3.8, 4) is 5.69 Å². The van der Waals surface area contributed by atoms with E-state index in [1.807, 2.05) is 35.4 Å². The maximum Gasteiger partial charge on any atom is 0.234 e. The van der Waals surface area contributed by atoms with E-state index in [4.69, 9.17) is 4.74 Å². The van der Waals surface area contributed by atoms with Crippen LogP contribution in [0.1, 0.15) is 39.2 Å². The molecule has 1 fully saturated rings. The quantitative estimate of drug-likeness (QED) is 0.483. The molecule has 1 saturated heterocycles. The lowest BCUT2D eigenvalue weighted by Gasteiger charge is -2.37. The molecule has 0 bridgehead atoms. The first kappa shape index (κ1) is 24.2. The lowest BCUT2D eigenvalue weighted by atomic mass is 10.0. The normalized spacial score (nSPS) is 18.4. The first-order valence-electron chi connectivity index (χ1n) is 11.4. The van der Waals surface area contributed by atoms with Gasteiger partial charge in [-0.15, -0.1) is 10.2 Å². The number of aromatic nitrogens is 3. The van der Waals surface area contributed by atoms with E-state index in [0.717, 1.165) is 5.69 Å². The van der Waals surface area contributed by atoms with Crippen LogP contribution < -0.4 is 10.2 Å². The first-order valence-corrected chi connectivity index (χ1v) is 12.4. The summed E-state index contributed by atoms with van der Waals surface area (Å²) in [5.41, 5.74) is 3.13. The molecule has 0 radical (unpaired) electrons. The number of halogens is 1. The highest BCUT2D eigenvalue weighted by atomic mass is 32.2. The molecule has 9 heteroatoms. The van der Waals surface area contributed by atoms with Crippen molar-refractivity contribution < 1.29 is 13.9 Å². The average Bonchev–Trinajstić information content (AvgIpc) is 3.26. The molecule has 3 aromatic rings. The Morgan fingerprint density at radius 2 is 1.88 bits per heavy atom. The zero-order chi connectivity index (χ0) is 24.2. The third-order valence-corrected chi connectivity index (χ3v) is 6.62. The molecule has 1 aromatic heterocycles. The molecule has 1 aliphatic rings. The molecule has 4 rings (SSSR count). The SMILES string of the molecule is CC1CN(c2ccc(NC(=O)CSc3nncn3-c3ccc(C(C)C)cc3)cc2F)CC(C)O1. The van der Waals surface area contributed by atoms with Gasteiger partial charge in [0, 0.05) is 24.5 Å². The van der Waals surface area contributed by atoms with Gasteiger partial charge in [-0.2, -0.15) is 0 Å². The number of hydrogen-bond acceptors (Lipinski definition) is 6. The van der Waals surface area contributed by atoms with E-state index >= 15 is 0 Å². The fraction of sp³-hybridized carbons (Fsp3) is 0.400. The Labute approximate surface area is 203 Å². The van der Waals surface area contributed by atoms with Crippen molar-refractivity contribution in [1.82, 2.24) is 14.8 Å². The second-order valence-electron chi connectivity index (χ2n) is 8.90. The molecular formula is C25H30FN5O2S. The Morgan fingerprint density at radius 1 is 1.18 bits per heavy atom. The summed E-state index contributed by atoms with van der Waals surface area (Å²) >= 11 is 1.28. The highest BCUT2D eigenvalue weighted by molar-refractivity contribution is 7.99. The number of morpholine rings is 1. The van der Waals surface area contributed by atoms with Crippen molar-refractivity contribution in [1.29, 1.82) is 0 Å². The first-order chi connectivity index (χ1) is 16.3. The minimum Gasteiger partial charge on any atom is -0.372 e. The molecule has 0 saturated carbocycles. The van der Waals surface area contributed by atoms with Crippen molar-refractivity contribution in [3.63, 3.8) is 0 Å². The van der Waals surface area contributed by atoms with Crippen LogP contribution in [0.2, 0.25) is 0 Å². The maximum atomic E-state index is 14.8. The van der Waals surface area contributed by atoms with Gasteiger partial charge in [0.25, 0.3) is 0 Å². The van der Waals surface area contributed by atoms with Crippen LogP contribution >= 0.6 is 11.8 Å². The van der Waals surface area contributed by atoms with E-state index in [9.17, 15) is 9.18 Å². The van der Waals surface area contributed by atoms with Crippen molar-refractivity contribution in [2.75, 3.05) is 29.1 Å². The summed E-state index contributed by atoms with van der Waals surface area (Å²) in [7, 11) is 0. The Kier molecular flexibility index (Phi) is 7.53. The lowest BCUT2D eigenvalue weighted by molar-refractivity contribution is -0.113. The predicted molar refractivity (Wildman–Crippen MR) is 133 cm³/mol. The van der Waals surface area contributed by atoms with Gasteiger partial charge in [-0.25, -0.2) is 4.39 Å². The Balaban J connectivity index is 1.36. The van der Waals surface area contributed by atoms with Crippen molar-refractivity contribution in [2.45, 2.75) is 51.0 Å². The van der Waals surface area contributed by atoms with Gasteiger partial charge < -0.3 is 15.0 Å². The number of carbonyl (C=O) groups is 1. The van der Waals surface area contributed by atoms with E-state index < -0.39 is 0 Å². The highest BCUT2D eigenvalue weighted by Gasteiger charge is 2.24. The molecule has 2 aromatic carbocycles. The molecule has 180 valence electrons. The van der Waals surface area contributed by atoms with E-state index in [-0.39, 0.29) is 29.7 Å². The number of hydrogen-bond donors (Lipinski definition) is 1. The van der Waals surface area contributed by atoms with Crippen LogP contribution in [0.3, 0.4) is 0 Å². The fourth-order valence-corrected chi connectivity index (χ4v) is 4.79. The molecule has 34 heavy (non-hydrogen) atoms. The number of nitrogens with zero attached hydrogens (tertiary/aromatic N) is 4. The number of carbonyl (C=O) groups excluding carboxylic acids is 1. The van der Waals surface area contributed by atoms with Gasteiger partial charge in [-0.1, -0.05) is 37.7 Å². The van der Waals surface area contributed by atoms with Gasteiger partial charge in [-0.05, 0) is 55.7 Å². The standard InChI is InChI=1S/C25H30FN5O2S/c1-16(2)19-5-8-21(9-6-19)31-15-27-29-25(31)34-14-24(32)28-20-7-10-23(22(26)11-20)30-12-17(3)33-18(4)13-30/h5-11,15-18H,12-14H2,1-4H3,(H,28,32). The van der Waals surface area contributed by atoms with Crippen LogP contribution in [0.25, 0.3) is 5.69 Å². The van der Waals surface area contributed by atoms with Gasteiger partial charge >= 0.3 is 0 Å². The second-order valence-corrected chi connectivity index (χ2v) is 9.84. The molecule has 2 heterocycles. The number of rotatable bonds is 7. The summed E-state index contributed by atoms with van der Waals surface area (Å²) in [4.78, 5) is 14.5. The Bertz CT molecular complexity index is 1120. The van der Waals surface area contributed by atoms with E-state index in [1.165, 1.54) is 23.4 Å². The summed E-state index contributed by atoms with van der Waals surface area (Å²) in [5, 5.41) is 11.5. The van der Waals surface area contributed by atoms with Gasteiger partial charge in [0.2, 0.25) is 5.91 Å². The minimum atomic E-state index is -0.364. The maximum absolute atomic E-state index is 14.8. The third-order valence-electron chi connectivity index (χ3n) is 5.68. The summed E-state index contributed by atoms with van der Waals surface area (Å²) in [6, 6.07) is 13.0. The molecular weight excluding hydrogens is 453 g/mol. The van der Waals surface area contributed by atoms with Crippen molar-refractivity contribution >= 4 is 29.0 Å². The average molecular weight is 484 g/mol. The Hall–Kier alpha value is -2.91. The molecule has 2 unspecified atom stereocenters. The van der Waals surface area contributed by atoms with E-state index in [2.05, 4.69) is 41.5 Å². The molecule has 0 aliphatic carbocycles. The van der Waals surface area contributed by atoms with Gasteiger partial charge in [0.15, 0.2) is 5.16 Å². The monoisotopic (exact) mass is 483 g/mol. The summed E-state index contributed by atoms with van der Waals surface area (Å²) < 4.78 is 22.4.